The fourth-order valence-electron chi connectivity index (χ4n) is 2.70. The van der Waals surface area contributed by atoms with Crippen LogP contribution in [0.5, 0.6) is 11.5 Å². The number of benzene rings is 2. The number of hydrogen-bond donors (Lipinski definition) is 2. The number of nitrogens with one attached hydrogen (secondary N) is 2. The molecule has 0 saturated heterocycles. The van der Waals surface area contributed by atoms with Crippen molar-refractivity contribution >= 4 is 27.7 Å². The highest BCUT2D eigenvalue weighted by atomic mass is 79.9. The third-order valence-electron chi connectivity index (χ3n) is 4.14. The van der Waals surface area contributed by atoms with Crippen LogP contribution in [-0.2, 0) is 12.8 Å². The van der Waals surface area contributed by atoms with Crippen LogP contribution in [0.25, 0.3) is 0 Å². The SMILES string of the molecule is COc1cc(CCc2cc(NC(=O)c3cc(Br)ccc3F)n[nH]2)cc(OC)c1. The summed E-state index contributed by atoms with van der Waals surface area (Å²) in [4.78, 5) is 12.3. The van der Waals surface area contributed by atoms with Crippen LogP contribution in [0.1, 0.15) is 21.6 Å². The minimum atomic E-state index is -0.594. The maximum Gasteiger partial charge on any atom is 0.259 e. The monoisotopic (exact) mass is 447 g/mol. The van der Waals surface area contributed by atoms with Gasteiger partial charge < -0.3 is 14.8 Å². The molecular weight excluding hydrogens is 429 g/mol. The Bertz CT molecular complexity index is 968. The first-order chi connectivity index (χ1) is 13.5. The van der Waals surface area contributed by atoms with Crippen molar-refractivity contribution < 1.29 is 18.7 Å². The smallest absolute Gasteiger partial charge is 0.259 e. The van der Waals surface area contributed by atoms with Crippen LogP contribution in [-0.4, -0.2) is 30.3 Å². The van der Waals surface area contributed by atoms with Gasteiger partial charge in [0.25, 0.3) is 5.91 Å². The van der Waals surface area contributed by atoms with Gasteiger partial charge in [-0.3, -0.25) is 9.89 Å². The lowest BCUT2D eigenvalue weighted by Crippen LogP contribution is -2.14. The van der Waals surface area contributed by atoms with E-state index in [9.17, 15) is 9.18 Å². The molecule has 1 heterocycles. The molecule has 0 radical (unpaired) electrons. The number of carbonyl (C=O) groups is 1. The highest BCUT2D eigenvalue weighted by Crippen LogP contribution is 2.23. The summed E-state index contributed by atoms with van der Waals surface area (Å²) in [5.41, 5.74) is 1.83. The average Bonchev–Trinajstić information content (AvgIpc) is 3.15. The molecule has 146 valence electrons. The van der Waals surface area contributed by atoms with Gasteiger partial charge in [-0.25, -0.2) is 4.39 Å². The van der Waals surface area contributed by atoms with Gasteiger partial charge in [-0.05, 0) is 48.7 Å². The van der Waals surface area contributed by atoms with Gasteiger partial charge >= 0.3 is 0 Å². The van der Waals surface area contributed by atoms with Crippen LogP contribution < -0.4 is 14.8 Å². The molecule has 2 aromatic carbocycles. The molecule has 28 heavy (non-hydrogen) atoms. The Labute approximate surface area is 170 Å². The topological polar surface area (TPSA) is 76.2 Å². The van der Waals surface area contributed by atoms with Gasteiger partial charge in [0, 0.05) is 22.3 Å². The van der Waals surface area contributed by atoms with E-state index in [0.29, 0.717) is 16.7 Å². The summed E-state index contributed by atoms with van der Waals surface area (Å²) in [5.74, 6) is 0.631. The molecule has 0 aliphatic carbocycles. The Balaban J connectivity index is 1.64. The van der Waals surface area contributed by atoms with Crippen molar-refractivity contribution in [3.8, 4) is 11.5 Å². The van der Waals surface area contributed by atoms with Crippen LogP contribution in [0.15, 0.2) is 46.9 Å². The van der Waals surface area contributed by atoms with E-state index in [1.807, 2.05) is 18.2 Å². The number of H-pyrrole nitrogens is 1. The second kappa shape index (κ2) is 8.88. The molecule has 3 rings (SSSR count). The highest BCUT2D eigenvalue weighted by molar-refractivity contribution is 9.10. The van der Waals surface area contributed by atoms with Crippen LogP contribution >= 0.6 is 15.9 Å². The maximum atomic E-state index is 13.8. The third kappa shape index (κ3) is 4.89. The molecule has 8 heteroatoms. The molecule has 0 unspecified atom stereocenters. The third-order valence-corrected chi connectivity index (χ3v) is 4.63. The van der Waals surface area contributed by atoms with Gasteiger partial charge in [0.1, 0.15) is 17.3 Å². The Kier molecular flexibility index (Phi) is 6.30. The second-order valence-corrected chi connectivity index (χ2v) is 6.99. The van der Waals surface area contributed by atoms with Crippen molar-refractivity contribution in [2.45, 2.75) is 12.8 Å². The van der Waals surface area contributed by atoms with Gasteiger partial charge in [-0.1, -0.05) is 15.9 Å². The van der Waals surface area contributed by atoms with Gasteiger partial charge in [-0.15, -0.1) is 0 Å². The Morgan fingerprint density at radius 3 is 2.50 bits per heavy atom. The highest BCUT2D eigenvalue weighted by Gasteiger charge is 2.14. The van der Waals surface area contributed by atoms with E-state index in [-0.39, 0.29) is 5.56 Å². The van der Waals surface area contributed by atoms with Crippen molar-refractivity contribution in [1.82, 2.24) is 10.2 Å². The van der Waals surface area contributed by atoms with Gasteiger partial charge in [0.2, 0.25) is 0 Å². The van der Waals surface area contributed by atoms with Crippen molar-refractivity contribution in [1.29, 1.82) is 0 Å². The number of aryl methyl sites for hydroxylation is 2. The Morgan fingerprint density at radius 2 is 1.82 bits per heavy atom. The number of carbonyl (C=O) groups excluding carboxylic acids is 1. The van der Waals surface area contributed by atoms with E-state index >= 15 is 0 Å². The molecule has 1 aromatic heterocycles. The molecule has 0 bridgehead atoms. The lowest BCUT2D eigenvalue weighted by Gasteiger charge is -2.08. The number of ether oxygens (including phenoxy) is 2. The summed E-state index contributed by atoms with van der Waals surface area (Å²) in [6, 6.07) is 11.6. The number of hydrogen-bond acceptors (Lipinski definition) is 4. The summed E-state index contributed by atoms with van der Waals surface area (Å²) < 4.78 is 25.0. The molecule has 0 fully saturated rings. The number of aromatic nitrogens is 2. The zero-order valence-electron chi connectivity index (χ0n) is 15.4. The van der Waals surface area contributed by atoms with Crippen LogP contribution in [0.3, 0.4) is 0 Å². The van der Waals surface area contributed by atoms with Crippen molar-refractivity contribution in [3.63, 3.8) is 0 Å². The van der Waals surface area contributed by atoms with Gasteiger partial charge in [0.05, 0.1) is 19.8 Å². The lowest BCUT2D eigenvalue weighted by molar-refractivity contribution is 0.102. The Hall–Kier alpha value is -2.87. The van der Waals surface area contributed by atoms with Gasteiger partial charge in [0.15, 0.2) is 5.82 Å². The quantitative estimate of drug-likeness (QED) is 0.563. The molecular formula is C20H19BrFN3O3. The number of anilines is 1. The summed E-state index contributed by atoms with van der Waals surface area (Å²) in [6.07, 6.45) is 1.40. The van der Waals surface area contributed by atoms with Crippen LogP contribution in [0.4, 0.5) is 10.2 Å². The fourth-order valence-corrected chi connectivity index (χ4v) is 3.06. The molecule has 3 aromatic rings. The van der Waals surface area contributed by atoms with Gasteiger partial charge in [-0.2, -0.15) is 5.10 Å². The zero-order chi connectivity index (χ0) is 20.1. The van der Waals surface area contributed by atoms with E-state index < -0.39 is 11.7 Å². The number of amides is 1. The zero-order valence-corrected chi connectivity index (χ0v) is 17.0. The minimum Gasteiger partial charge on any atom is -0.497 e. The molecule has 0 atom stereocenters. The van der Waals surface area contributed by atoms with E-state index in [1.54, 1.807) is 20.3 Å². The molecule has 0 spiro atoms. The molecule has 1 amide bonds. The predicted molar refractivity (Wildman–Crippen MR) is 108 cm³/mol. The minimum absolute atomic E-state index is 0.0533. The van der Waals surface area contributed by atoms with Crippen molar-refractivity contribution in [3.05, 3.63) is 69.6 Å². The maximum absolute atomic E-state index is 13.8. The normalized spacial score (nSPS) is 10.6. The number of methoxy groups -OCH3 is 2. The van der Waals surface area contributed by atoms with Crippen molar-refractivity contribution in [2.24, 2.45) is 0 Å². The summed E-state index contributed by atoms with van der Waals surface area (Å²) in [5, 5.41) is 9.56. The number of halogens is 2. The first-order valence-electron chi connectivity index (χ1n) is 8.51. The van der Waals surface area contributed by atoms with Crippen LogP contribution in [0, 0.1) is 5.82 Å². The van der Waals surface area contributed by atoms with E-state index in [4.69, 9.17) is 9.47 Å². The summed E-state index contributed by atoms with van der Waals surface area (Å²) in [7, 11) is 3.22. The summed E-state index contributed by atoms with van der Waals surface area (Å²) >= 11 is 3.23. The molecule has 2 N–H and O–H groups in total. The molecule has 6 nitrogen and oxygen atoms in total. The van der Waals surface area contributed by atoms with E-state index in [0.717, 1.165) is 29.2 Å². The molecule has 0 aliphatic rings. The predicted octanol–water partition coefficient (Wildman–Crippen LogP) is 4.37. The van der Waals surface area contributed by atoms with Crippen molar-refractivity contribution in [2.75, 3.05) is 19.5 Å². The number of rotatable bonds is 7. The summed E-state index contributed by atoms with van der Waals surface area (Å²) in [6.45, 7) is 0. The molecule has 0 saturated carbocycles. The number of nitrogens with zero attached hydrogens (tertiary/aromatic N) is 1. The van der Waals surface area contributed by atoms with E-state index in [1.165, 1.54) is 18.2 Å². The number of aromatic amines is 1. The fraction of sp³-hybridized carbons (Fsp3) is 0.200. The standard InChI is InChI=1S/C20H19BrFN3O3/c1-27-15-7-12(8-16(11-15)28-2)3-5-14-10-19(25-24-14)23-20(26)17-9-13(21)4-6-18(17)22/h4,6-11H,3,5H2,1-2H3,(H2,23,24,25,26). The first-order valence-corrected chi connectivity index (χ1v) is 9.30. The van der Waals surface area contributed by atoms with E-state index in [2.05, 4.69) is 31.4 Å². The van der Waals surface area contributed by atoms with Crippen LogP contribution in [0.2, 0.25) is 0 Å². The Morgan fingerprint density at radius 1 is 1.11 bits per heavy atom. The second-order valence-electron chi connectivity index (χ2n) is 6.08. The lowest BCUT2D eigenvalue weighted by atomic mass is 10.1. The first kappa shape index (κ1) is 19.9. The average molecular weight is 448 g/mol. The molecule has 0 aliphatic heterocycles. The largest absolute Gasteiger partial charge is 0.497 e.